The van der Waals surface area contributed by atoms with Gasteiger partial charge in [-0.25, -0.2) is 9.37 Å². The molecule has 0 aliphatic carbocycles. The van der Waals surface area contributed by atoms with Crippen LogP contribution in [-0.4, -0.2) is 22.7 Å². The summed E-state index contributed by atoms with van der Waals surface area (Å²) in [6.07, 6.45) is -0.220. The predicted octanol–water partition coefficient (Wildman–Crippen LogP) is 5.95. The molecule has 0 amide bonds. The Morgan fingerprint density at radius 1 is 1.19 bits per heavy atom. The minimum atomic E-state index is -0.995. The van der Waals surface area contributed by atoms with E-state index in [9.17, 15) is 14.3 Å². The Hall–Kier alpha value is -2.15. The minimum absolute atomic E-state index is 0.00715. The molecule has 0 saturated heterocycles. The molecule has 1 heterocycles. The maximum Gasteiger partial charge on any atom is 0.308 e. The molecule has 3 aromatic rings. The molecule has 2 aromatic carbocycles. The molecule has 0 aliphatic rings. The molecule has 0 aliphatic heterocycles. The maximum atomic E-state index is 13.9. The van der Waals surface area contributed by atoms with E-state index in [1.807, 2.05) is 6.92 Å². The van der Waals surface area contributed by atoms with E-state index in [0.717, 1.165) is 5.56 Å². The van der Waals surface area contributed by atoms with Crippen LogP contribution >= 0.6 is 34.5 Å². The second kappa shape index (κ2) is 8.25. The lowest BCUT2D eigenvalue weighted by atomic mass is 10.1. The van der Waals surface area contributed by atoms with Gasteiger partial charge in [0.15, 0.2) is 0 Å². The number of nitrogens with zero attached hydrogens (tertiary/aromatic N) is 1. The molecule has 27 heavy (non-hydrogen) atoms. The van der Waals surface area contributed by atoms with Crippen LogP contribution in [0.3, 0.4) is 0 Å². The van der Waals surface area contributed by atoms with Gasteiger partial charge < -0.3 is 9.84 Å². The zero-order chi connectivity index (χ0) is 19.6. The zero-order valence-electron chi connectivity index (χ0n) is 14.1. The molecule has 1 aromatic heterocycles. The number of halogens is 3. The number of aromatic nitrogens is 1. The van der Waals surface area contributed by atoms with Crippen molar-refractivity contribution in [1.29, 1.82) is 0 Å². The van der Waals surface area contributed by atoms with Gasteiger partial charge in [0, 0.05) is 16.0 Å². The van der Waals surface area contributed by atoms with Crippen LogP contribution in [0.2, 0.25) is 10.0 Å². The van der Waals surface area contributed by atoms with Crippen LogP contribution in [0, 0.1) is 5.82 Å². The number of hydrogen-bond acceptors (Lipinski definition) is 4. The molecule has 0 spiro atoms. The lowest BCUT2D eigenvalue weighted by molar-refractivity contribution is -0.136. The van der Waals surface area contributed by atoms with Crippen molar-refractivity contribution < 1.29 is 19.0 Å². The molecule has 0 unspecified atom stereocenters. The first-order chi connectivity index (χ1) is 12.9. The lowest BCUT2D eigenvalue weighted by Gasteiger charge is -2.06. The van der Waals surface area contributed by atoms with E-state index in [2.05, 4.69) is 4.98 Å². The molecule has 4 nitrogen and oxygen atoms in total. The Kier molecular flexibility index (Phi) is 5.99. The van der Waals surface area contributed by atoms with E-state index < -0.39 is 11.8 Å². The Balaban J connectivity index is 2.07. The average Bonchev–Trinajstić information content (AvgIpc) is 3.02. The van der Waals surface area contributed by atoms with Crippen LogP contribution in [-0.2, 0) is 11.2 Å². The van der Waals surface area contributed by atoms with Gasteiger partial charge in [0.1, 0.15) is 16.6 Å². The number of rotatable bonds is 6. The third-order valence-corrected chi connectivity index (χ3v) is 5.39. The van der Waals surface area contributed by atoms with Gasteiger partial charge in [0.2, 0.25) is 0 Å². The zero-order valence-corrected chi connectivity index (χ0v) is 16.5. The average molecular weight is 426 g/mol. The molecule has 0 radical (unpaired) electrons. The van der Waals surface area contributed by atoms with Crippen LogP contribution in [0.5, 0.6) is 5.75 Å². The Morgan fingerprint density at radius 3 is 2.56 bits per heavy atom. The van der Waals surface area contributed by atoms with Crippen molar-refractivity contribution in [3.63, 3.8) is 0 Å². The van der Waals surface area contributed by atoms with Gasteiger partial charge in [-0.05, 0) is 37.3 Å². The van der Waals surface area contributed by atoms with Crippen molar-refractivity contribution in [3.8, 4) is 27.6 Å². The maximum absolute atomic E-state index is 13.9. The third-order valence-electron chi connectivity index (χ3n) is 3.68. The summed E-state index contributed by atoms with van der Waals surface area (Å²) in [5, 5.41) is 10.2. The van der Waals surface area contributed by atoms with Crippen LogP contribution in [0.15, 0.2) is 36.4 Å². The van der Waals surface area contributed by atoms with Gasteiger partial charge in [0.05, 0.1) is 28.8 Å². The van der Waals surface area contributed by atoms with Crippen LogP contribution in [0.1, 0.15) is 11.8 Å². The smallest absolute Gasteiger partial charge is 0.308 e. The van der Waals surface area contributed by atoms with E-state index >= 15 is 0 Å². The van der Waals surface area contributed by atoms with Crippen molar-refractivity contribution in [3.05, 3.63) is 57.1 Å². The molecule has 0 saturated carbocycles. The van der Waals surface area contributed by atoms with Crippen molar-refractivity contribution in [2.45, 2.75) is 13.3 Å². The lowest BCUT2D eigenvalue weighted by Crippen LogP contribution is -1.99. The molecule has 0 fully saturated rings. The fourth-order valence-electron chi connectivity index (χ4n) is 2.51. The molecule has 0 bridgehead atoms. The molecule has 1 N–H and O–H groups in total. The van der Waals surface area contributed by atoms with E-state index in [1.165, 1.54) is 23.5 Å². The summed E-state index contributed by atoms with van der Waals surface area (Å²) < 4.78 is 19.3. The summed E-state index contributed by atoms with van der Waals surface area (Å²) >= 11 is 13.2. The second-order valence-electron chi connectivity index (χ2n) is 5.57. The van der Waals surface area contributed by atoms with Crippen LogP contribution in [0.4, 0.5) is 4.39 Å². The number of thiazole rings is 1. The van der Waals surface area contributed by atoms with Crippen molar-refractivity contribution in [2.75, 3.05) is 6.61 Å². The molecular weight excluding hydrogens is 412 g/mol. The summed E-state index contributed by atoms with van der Waals surface area (Å²) in [5.41, 5.74) is 1.60. The SMILES string of the molecule is CCOc1ccc(-c2nc(-c3ccc(Cl)c(F)c3)c(CC(=O)O)s2)cc1Cl. The Bertz CT molecular complexity index is 1010. The number of carboxylic acids is 1. The molecule has 3 rings (SSSR count). The van der Waals surface area contributed by atoms with E-state index in [-0.39, 0.29) is 11.4 Å². The molecule has 140 valence electrons. The van der Waals surface area contributed by atoms with Crippen molar-refractivity contribution >= 4 is 40.5 Å². The quantitative estimate of drug-likeness (QED) is 0.529. The Morgan fingerprint density at radius 2 is 1.93 bits per heavy atom. The summed E-state index contributed by atoms with van der Waals surface area (Å²) in [7, 11) is 0. The highest BCUT2D eigenvalue weighted by molar-refractivity contribution is 7.15. The number of benzene rings is 2. The van der Waals surface area contributed by atoms with Crippen LogP contribution < -0.4 is 4.74 Å². The Labute approximate surface area is 169 Å². The number of hydrogen-bond donors (Lipinski definition) is 1. The predicted molar refractivity (Wildman–Crippen MR) is 105 cm³/mol. The number of aliphatic carboxylic acids is 1. The molecule has 8 heteroatoms. The fourth-order valence-corrected chi connectivity index (χ4v) is 3.93. The van der Waals surface area contributed by atoms with Gasteiger partial charge in [-0.1, -0.05) is 29.3 Å². The molecular formula is C19H14Cl2FNO3S. The number of carboxylic acid groups (broad SMARTS) is 1. The highest BCUT2D eigenvalue weighted by Crippen LogP contribution is 2.37. The first-order valence-corrected chi connectivity index (χ1v) is 9.56. The van der Waals surface area contributed by atoms with E-state index in [0.29, 0.717) is 38.5 Å². The highest BCUT2D eigenvalue weighted by atomic mass is 35.5. The standard InChI is InChI=1S/C19H14Cl2FNO3S/c1-2-26-15-6-4-11(7-13(15)21)19-23-18(16(27-19)9-17(24)25)10-3-5-12(20)14(22)8-10/h3-8H,2,9H2,1H3,(H,24,25). The van der Waals surface area contributed by atoms with E-state index in [1.54, 1.807) is 24.3 Å². The van der Waals surface area contributed by atoms with Gasteiger partial charge >= 0.3 is 5.97 Å². The van der Waals surface area contributed by atoms with Gasteiger partial charge in [0.25, 0.3) is 0 Å². The monoisotopic (exact) mass is 425 g/mol. The topological polar surface area (TPSA) is 59.4 Å². The first-order valence-electron chi connectivity index (χ1n) is 7.98. The van der Waals surface area contributed by atoms with E-state index in [4.69, 9.17) is 27.9 Å². The largest absolute Gasteiger partial charge is 0.492 e. The normalized spacial score (nSPS) is 10.8. The second-order valence-corrected chi connectivity index (χ2v) is 7.47. The van der Waals surface area contributed by atoms with Crippen LogP contribution in [0.25, 0.3) is 21.8 Å². The minimum Gasteiger partial charge on any atom is -0.492 e. The molecule has 0 atom stereocenters. The van der Waals surface area contributed by atoms with Crippen molar-refractivity contribution in [1.82, 2.24) is 4.98 Å². The van der Waals surface area contributed by atoms with Gasteiger partial charge in [-0.15, -0.1) is 11.3 Å². The highest BCUT2D eigenvalue weighted by Gasteiger charge is 2.18. The summed E-state index contributed by atoms with van der Waals surface area (Å²) in [5.74, 6) is -1.02. The summed E-state index contributed by atoms with van der Waals surface area (Å²) in [6, 6.07) is 9.53. The third kappa shape index (κ3) is 4.40. The number of carbonyl (C=O) groups is 1. The van der Waals surface area contributed by atoms with Gasteiger partial charge in [-0.3, -0.25) is 4.79 Å². The summed E-state index contributed by atoms with van der Waals surface area (Å²) in [4.78, 5) is 16.3. The fraction of sp³-hybridized carbons (Fsp3) is 0.158. The summed E-state index contributed by atoms with van der Waals surface area (Å²) in [6.45, 7) is 2.35. The van der Waals surface area contributed by atoms with Crippen molar-refractivity contribution in [2.24, 2.45) is 0 Å². The first kappa shape index (κ1) is 19.6. The number of ether oxygens (including phenoxy) is 1. The van der Waals surface area contributed by atoms with Gasteiger partial charge in [-0.2, -0.15) is 0 Å².